The van der Waals surface area contributed by atoms with E-state index in [0.717, 1.165) is 6.42 Å². The van der Waals surface area contributed by atoms with Gasteiger partial charge in [0.25, 0.3) is 0 Å². The Hall–Kier alpha value is 0.0300. The van der Waals surface area contributed by atoms with E-state index in [1.807, 2.05) is 0 Å². The van der Waals surface area contributed by atoms with E-state index in [2.05, 4.69) is 33.4 Å². The molecule has 0 N–H and O–H groups in total. The summed E-state index contributed by atoms with van der Waals surface area (Å²) in [4.78, 5) is 0.0152. The number of unbranched alkanes of at least 4 members (excludes halogenated alkanes) is 9. The Morgan fingerprint density at radius 3 is 1.67 bits per heavy atom. The van der Waals surface area contributed by atoms with Crippen molar-refractivity contribution < 1.29 is 0 Å². The van der Waals surface area contributed by atoms with Crippen molar-refractivity contribution in [3.63, 3.8) is 0 Å². The third-order valence-electron chi connectivity index (χ3n) is 5.48. The highest BCUT2D eigenvalue weighted by Crippen LogP contribution is 2.41. The SMILES string of the molecule is C=CCC(CCCCCCCCCC)C(Cl)(CCCC)CCCC. The van der Waals surface area contributed by atoms with E-state index >= 15 is 0 Å². The second kappa shape index (κ2) is 16.5. The summed E-state index contributed by atoms with van der Waals surface area (Å²) in [5.41, 5.74) is 0. The predicted octanol–water partition coefficient (Wildman–Crippen LogP) is 9.07. The van der Waals surface area contributed by atoms with Gasteiger partial charge in [0.15, 0.2) is 0 Å². The Morgan fingerprint density at radius 2 is 1.21 bits per heavy atom. The van der Waals surface area contributed by atoms with Crippen LogP contribution >= 0.6 is 11.6 Å². The largest absolute Gasteiger partial charge is 0.119 e. The summed E-state index contributed by atoms with van der Waals surface area (Å²) in [7, 11) is 0. The van der Waals surface area contributed by atoms with Crippen molar-refractivity contribution in [3.05, 3.63) is 12.7 Å². The molecule has 1 unspecified atom stereocenters. The van der Waals surface area contributed by atoms with E-state index in [4.69, 9.17) is 11.6 Å². The molecule has 0 fully saturated rings. The lowest BCUT2D eigenvalue weighted by Gasteiger charge is -2.36. The monoisotopic (exact) mass is 356 g/mol. The van der Waals surface area contributed by atoms with Gasteiger partial charge < -0.3 is 0 Å². The van der Waals surface area contributed by atoms with E-state index in [1.165, 1.54) is 96.3 Å². The lowest BCUT2D eigenvalue weighted by molar-refractivity contribution is 0.290. The molecule has 144 valence electrons. The summed E-state index contributed by atoms with van der Waals surface area (Å²) >= 11 is 7.19. The van der Waals surface area contributed by atoms with E-state index in [9.17, 15) is 0 Å². The molecule has 0 aromatic carbocycles. The van der Waals surface area contributed by atoms with E-state index in [0.29, 0.717) is 5.92 Å². The maximum atomic E-state index is 7.19. The first kappa shape index (κ1) is 24.0. The first-order valence-electron chi connectivity index (χ1n) is 10.9. The van der Waals surface area contributed by atoms with Crippen LogP contribution in [0, 0.1) is 5.92 Å². The second-order valence-electron chi connectivity index (χ2n) is 7.73. The average Bonchev–Trinajstić information content (AvgIpc) is 2.59. The molecule has 0 saturated carbocycles. The van der Waals surface area contributed by atoms with Crippen LogP contribution in [0.2, 0.25) is 0 Å². The van der Waals surface area contributed by atoms with Crippen LogP contribution in [0.1, 0.15) is 124 Å². The van der Waals surface area contributed by atoms with Crippen molar-refractivity contribution in [1.29, 1.82) is 0 Å². The van der Waals surface area contributed by atoms with Gasteiger partial charge in [0.1, 0.15) is 0 Å². The van der Waals surface area contributed by atoms with Crippen LogP contribution in [0.3, 0.4) is 0 Å². The molecule has 1 heteroatoms. The van der Waals surface area contributed by atoms with Crippen molar-refractivity contribution in [2.24, 2.45) is 5.92 Å². The van der Waals surface area contributed by atoms with E-state index < -0.39 is 0 Å². The Bertz CT molecular complexity index is 263. The Balaban J connectivity index is 4.27. The molecule has 0 saturated heterocycles. The van der Waals surface area contributed by atoms with E-state index in [-0.39, 0.29) is 4.87 Å². The van der Waals surface area contributed by atoms with Crippen molar-refractivity contribution in [2.45, 2.75) is 128 Å². The highest BCUT2D eigenvalue weighted by Gasteiger charge is 2.34. The van der Waals surface area contributed by atoms with Crippen LogP contribution < -0.4 is 0 Å². The normalized spacial score (nSPS) is 13.2. The predicted molar refractivity (Wildman–Crippen MR) is 113 cm³/mol. The lowest BCUT2D eigenvalue weighted by atomic mass is 9.78. The first-order chi connectivity index (χ1) is 11.6. The Morgan fingerprint density at radius 1 is 0.750 bits per heavy atom. The van der Waals surface area contributed by atoms with Gasteiger partial charge in [-0.1, -0.05) is 104 Å². The maximum Gasteiger partial charge on any atom is 0.0477 e. The molecule has 0 rings (SSSR count). The number of alkyl halides is 1. The van der Waals surface area contributed by atoms with Crippen LogP contribution in [0.15, 0.2) is 12.7 Å². The Labute approximate surface area is 158 Å². The summed E-state index contributed by atoms with van der Waals surface area (Å²) in [5.74, 6) is 0.620. The van der Waals surface area contributed by atoms with Gasteiger partial charge in [0.05, 0.1) is 0 Å². The molecule has 0 heterocycles. The fourth-order valence-electron chi connectivity index (χ4n) is 3.79. The highest BCUT2D eigenvalue weighted by molar-refractivity contribution is 6.24. The van der Waals surface area contributed by atoms with Crippen molar-refractivity contribution >= 4 is 11.6 Å². The molecule has 24 heavy (non-hydrogen) atoms. The minimum Gasteiger partial charge on any atom is -0.119 e. The van der Waals surface area contributed by atoms with Crippen molar-refractivity contribution in [3.8, 4) is 0 Å². The smallest absolute Gasteiger partial charge is 0.0477 e. The van der Waals surface area contributed by atoms with Gasteiger partial charge >= 0.3 is 0 Å². The van der Waals surface area contributed by atoms with Gasteiger partial charge in [-0.15, -0.1) is 18.2 Å². The van der Waals surface area contributed by atoms with Crippen LogP contribution in [-0.2, 0) is 0 Å². The Kier molecular flexibility index (Phi) is 16.5. The van der Waals surface area contributed by atoms with Crippen LogP contribution in [0.4, 0.5) is 0 Å². The molecule has 0 aromatic rings. The minimum absolute atomic E-state index is 0.0152. The van der Waals surface area contributed by atoms with Gasteiger partial charge in [-0.25, -0.2) is 0 Å². The van der Waals surface area contributed by atoms with Crippen LogP contribution in [0.25, 0.3) is 0 Å². The highest BCUT2D eigenvalue weighted by atomic mass is 35.5. The zero-order valence-electron chi connectivity index (χ0n) is 17.1. The van der Waals surface area contributed by atoms with Gasteiger partial charge in [0.2, 0.25) is 0 Å². The number of hydrogen-bond acceptors (Lipinski definition) is 0. The first-order valence-corrected chi connectivity index (χ1v) is 11.3. The fraction of sp³-hybridized carbons (Fsp3) is 0.913. The summed E-state index contributed by atoms with van der Waals surface area (Å²) in [5, 5.41) is 0. The van der Waals surface area contributed by atoms with Gasteiger partial charge in [-0.2, -0.15) is 0 Å². The molecule has 0 nitrogen and oxygen atoms in total. The van der Waals surface area contributed by atoms with Gasteiger partial charge in [-0.3, -0.25) is 0 Å². The molecule has 0 bridgehead atoms. The molecule has 0 aliphatic heterocycles. The quantitative estimate of drug-likeness (QED) is 0.130. The van der Waals surface area contributed by atoms with Crippen molar-refractivity contribution in [2.75, 3.05) is 0 Å². The molecule has 0 aliphatic carbocycles. The second-order valence-corrected chi connectivity index (χ2v) is 8.48. The van der Waals surface area contributed by atoms with E-state index in [1.54, 1.807) is 0 Å². The number of rotatable bonds is 18. The van der Waals surface area contributed by atoms with Gasteiger partial charge in [0, 0.05) is 4.87 Å². The molecular weight excluding hydrogens is 312 g/mol. The molecule has 0 aliphatic rings. The summed E-state index contributed by atoms with van der Waals surface area (Å²) in [6.45, 7) is 10.8. The lowest BCUT2D eigenvalue weighted by Crippen LogP contribution is -2.32. The van der Waals surface area contributed by atoms with Gasteiger partial charge in [-0.05, 0) is 31.6 Å². The summed E-state index contributed by atoms with van der Waals surface area (Å²) in [6.07, 6.45) is 23.0. The third-order valence-corrected chi connectivity index (χ3v) is 6.17. The minimum atomic E-state index is 0.0152. The zero-order chi connectivity index (χ0) is 18.1. The maximum absolute atomic E-state index is 7.19. The molecule has 0 aromatic heterocycles. The molecular formula is C23H45Cl. The number of hydrogen-bond donors (Lipinski definition) is 0. The average molecular weight is 357 g/mol. The summed E-state index contributed by atoms with van der Waals surface area (Å²) in [6, 6.07) is 0. The topological polar surface area (TPSA) is 0 Å². The summed E-state index contributed by atoms with van der Waals surface area (Å²) < 4.78 is 0. The standard InChI is InChI=1S/C23H45Cl/c1-5-9-12-13-14-15-16-17-19-22(18-8-4)23(24,20-10-6-2)21-11-7-3/h8,22H,4-7,9-21H2,1-3H3. The third kappa shape index (κ3) is 11.6. The number of allylic oxidation sites excluding steroid dienone is 1. The van der Waals surface area contributed by atoms with Crippen LogP contribution in [0.5, 0.6) is 0 Å². The zero-order valence-corrected chi connectivity index (χ0v) is 17.8. The number of halogens is 1. The van der Waals surface area contributed by atoms with Crippen molar-refractivity contribution in [1.82, 2.24) is 0 Å². The molecule has 0 radical (unpaired) electrons. The molecule has 0 amide bonds. The fourth-order valence-corrected chi connectivity index (χ4v) is 4.25. The molecule has 0 spiro atoms. The molecule has 1 atom stereocenters. The van der Waals surface area contributed by atoms with Crippen LogP contribution in [-0.4, -0.2) is 4.87 Å².